The molecular formula is C13H16N2O2. The maximum absolute atomic E-state index is 11.6. The van der Waals surface area contributed by atoms with Gasteiger partial charge in [0.25, 0.3) is 5.91 Å². The highest BCUT2D eigenvalue weighted by Crippen LogP contribution is 2.09. The van der Waals surface area contributed by atoms with Gasteiger partial charge >= 0.3 is 0 Å². The lowest BCUT2D eigenvalue weighted by molar-refractivity contribution is 0.0945. The van der Waals surface area contributed by atoms with Crippen molar-refractivity contribution >= 4 is 11.6 Å². The summed E-state index contributed by atoms with van der Waals surface area (Å²) in [5.74, 6) is 5.48. The van der Waals surface area contributed by atoms with Gasteiger partial charge in [-0.05, 0) is 25.1 Å². The van der Waals surface area contributed by atoms with E-state index in [0.717, 1.165) is 5.69 Å². The summed E-state index contributed by atoms with van der Waals surface area (Å²) in [5.41, 5.74) is 1.41. The van der Waals surface area contributed by atoms with E-state index >= 15 is 0 Å². The van der Waals surface area contributed by atoms with E-state index in [1.54, 1.807) is 25.1 Å². The van der Waals surface area contributed by atoms with E-state index < -0.39 is 0 Å². The lowest BCUT2D eigenvalue weighted by atomic mass is 10.2. The summed E-state index contributed by atoms with van der Waals surface area (Å²) in [7, 11) is 0. The van der Waals surface area contributed by atoms with Crippen LogP contribution in [0.4, 0.5) is 5.69 Å². The van der Waals surface area contributed by atoms with Crippen LogP contribution in [0.3, 0.4) is 0 Å². The fraction of sp³-hybridized carbons (Fsp3) is 0.308. The summed E-state index contributed by atoms with van der Waals surface area (Å²) >= 11 is 0. The number of carbonyl (C=O) groups is 1. The molecule has 4 nitrogen and oxygen atoms in total. The van der Waals surface area contributed by atoms with Crippen LogP contribution in [0, 0.1) is 11.8 Å². The average Bonchev–Trinajstić information content (AvgIpc) is 2.36. The van der Waals surface area contributed by atoms with Gasteiger partial charge in [-0.25, -0.2) is 0 Å². The molecule has 0 bridgehead atoms. The lowest BCUT2D eigenvalue weighted by Crippen LogP contribution is -2.26. The Morgan fingerprint density at radius 2 is 2.29 bits per heavy atom. The van der Waals surface area contributed by atoms with Gasteiger partial charge in [-0.1, -0.05) is 12.0 Å². The molecule has 0 unspecified atom stereocenters. The summed E-state index contributed by atoms with van der Waals surface area (Å²) in [6.45, 7) is 2.53. The smallest absolute Gasteiger partial charge is 0.251 e. The van der Waals surface area contributed by atoms with Crippen molar-refractivity contribution in [2.24, 2.45) is 0 Å². The first-order valence-corrected chi connectivity index (χ1v) is 5.40. The van der Waals surface area contributed by atoms with Crippen molar-refractivity contribution < 1.29 is 9.90 Å². The molecule has 0 saturated carbocycles. The third kappa shape index (κ3) is 4.58. The van der Waals surface area contributed by atoms with E-state index in [2.05, 4.69) is 22.5 Å². The number of aliphatic hydroxyl groups excluding tert-OH is 1. The highest BCUT2D eigenvalue weighted by Gasteiger charge is 2.04. The van der Waals surface area contributed by atoms with Gasteiger partial charge in [-0.3, -0.25) is 4.79 Å². The number of carbonyl (C=O) groups excluding carboxylic acids is 1. The summed E-state index contributed by atoms with van der Waals surface area (Å²) in [6, 6.07) is 7.16. The van der Waals surface area contributed by atoms with Crippen LogP contribution < -0.4 is 10.6 Å². The van der Waals surface area contributed by atoms with Crippen molar-refractivity contribution in [3.8, 4) is 11.8 Å². The minimum atomic E-state index is -0.190. The minimum Gasteiger partial charge on any atom is -0.395 e. The third-order valence-corrected chi connectivity index (χ3v) is 2.08. The van der Waals surface area contributed by atoms with Gasteiger partial charge in [-0.15, -0.1) is 5.92 Å². The molecule has 0 aliphatic rings. The second-order valence-electron chi connectivity index (χ2n) is 3.34. The first-order chi connectivity index (χ1) is 8.27. The SMILES string of the molecule is CC#CCNc1cccc(C(=O)NCCO)c1. The summed E-state index contributed by atoms with van der Waals surface area (Å²) in [6.07, 6.45) is 0. The molecule has 0 saturated heterocycles. The molecule has 1 aromatic carbocycles. The Balaban J connectivity index is 2.63. The molecule has 0 aliphatic heterocycles. The van der Waals surface area contributed by atoms with Crippen LogP contribution in [-0.2, 0) is 0 Å². The predicted molar refractivity (Wildman–Crippen MR) is 67.8 cm³/mol. The third-order valence-electron chi connectivity index (χ3n) is 2.08. The van der Waals surface area contributed by atoms with Crippen LogP contribution in [0.1, 0.15) is 17.3 Å². The van der Waals surface area contributed by atoms with Crippen LogP contribution in [0.5, 0.6) is 0 Å². The molecule has 4 heteroatoms. The molecule has 1 rings (SSSR count). The van der Waals surface area contributed by atoms with Crippen molar-refractivity contribution in [1.82, 2.24) is 5.32 Å². The van der Waals surface area contributed by atoms with Gasteiger partial charge in [0.05, 0.1) is 13.2 Å². The fourth-order valence-electron chi connectivity index (χ4n) is 1.28. The van der Waals surface area contributed by atoms with E-state index in [1.165, 1.54) is 0 Å². The number of benzene rings is 1. The van der Waals surface area contributed by atoms with E-state index in [0.29, 0.717) is 12.1 Å². The Kier molecular flexibility index (Phi) is 5.62. The van der Waals surface area contributed by atoms with Crippen LogP contribution in [0.2, 0.25) is 0 Å². The predicted octanol–water partition coefficient (Wildman–Crippen LogP) is 0.844. The molecule has 0 fully saturated rings. The van der Waals surface area contributed by atoms with Gasteiger partial charge in [-0.2, -0.15) is 0 Å². The molecule has 1 aromatic rings. The molecule has 0 spiro atoms. The molecule has 0 aromatic heterocycles. The van der Waals surface area contributed by atoms with Crippen molar-refractivity contribution in [3.63, 3.8) is 0 Å². The Labute approximate surface area is 101 Å². The molecule has 0 atom stereocenters. The number of anilines is 1. The van der Waals surface area contributed by atoms with E-state index in [9.17, 15) is 4.79 Å². The number of rotatable bonds is 5. The number of hydrogen-bond donors (Lipinski definition) is 3. The van der Waals surface area contributed by atoms with Crippen molar-refractivity contribution in [3.05, 3.63) is 29.8 Å². The molecule has 90 valence electrons. The summed E-state index contributed by atoms with van der Waals surface area (Å²) in [5, 5.41) is 14.3. The monoisotopic (exact) mass is 232 g/mol. The van der Waals surface area contributed by atoms with Crippen LogP contribution in [0.15, 0.2) is 24.3 Å². The molecular weight excluding hydrogens is 216 g/mol. The minimum absolute atomic E-state index is 0.0598. The number of aliphatic hydroxyl groups is 1. The first kappa shape index (κ1) is 13.1. The number of nitrogens with one attached hydrogen (secondary N) is 2. The zero-order chi connectivity index (χ0) is 12.5. The average molecular weight is 232 g/mol. The lowest BCUT2D eigenvalue weighted by Gasteiger charge is -2.06. The Hall–Kier alpha value is -1.99. The maximum atomic E-state index is 11.6. The topological polar surface area (TPSA) is 61.4 Å². The van der Waals surface area contributed by atoms with Gasteiger partial charge in [0.15, 0.2) is 0 Å². The highest BCUT2D eigenvalue weighted by atomic mass is 16.3. The molecule has 1 amide bonds. The molecule has 0 aliphatic carbocycles. The molecule has 0 heterocycles. The van der Waals surface area contributed by atoms with Gasteiger partial charge in [0, 0.05) is 17.8 Å². The second kappa shape index (κ2) is 7.31. The van der Waals surface area contributed by atoms with Crippen molar-refractivity contribution in [1.29, 1.82) is 0 Å². The van der Waals surface area contributed by atoms with E-state index in [-0.39, 0.29) is 19.1 Å². The first-order valence-electron chi connectivity index (χ1n) is 5.40. The van der Waals surface area contributed by atoms with Crippen molar-refractivity contribution in [2.45, 2.75) is 6.92 Å². The normalized spacial score (nSPS) is 9.06. The van der Waals surface area contributed by atoms with Crippen LogP contribution in [-0.4, -0.2) is 30.7 Å². The zero-order valence-corrected chi connectivity index (χ0v) is 9.79. The summed E-state index contributed by atoms with van der Waals surface area (Å²) in [4.78, 5) is 11.6. The Morgan fingerprint density at radius 3 is 3.00 bits per heavy atom. The highest BCUT2D eigenvalue weighted by molar-refractivity contribution is 5.95. The van der Waals surface area contributed by atoms with Crippen LogP contribution in [0.25, 0.3) is 0 Å². The van der Waals surface area contributed by atoms with E-state index in [4.69, 9.17) is 5.11 Å². The summed E-state index contributed by atoms with van der Waals surface area (Å²) < 4.78 is 0. The van der Waals surface area contributed by atoms with E-state index in [1.807, 2.05) is 6.07 Å². The Bertz CT molecular complexity index is 433. The maximum Gasteiger partial charge on any atom is 0.251 e. The quantitative estimate of drug-likeness (QED) is 0.659. The number of hydrogen-bond acceptors (Lipinski definition) is 3. The van der Waals surface area contributed by atoms with Crippen molar-refractivity contribution in [2.75, 3.05) is 25.0 Å². The molecule has 17 heavy (non-hydrogen) atoms. The van der Waals surface area contributed by atoms with Gasteiger partial charge in [0.2, 0.25) is 0 Å². The largest absolute Gasteiger partial charge is 0.395 e. The standard InChI is InChI=1S/C13H16N2O2/c1-2-3-7-14-12-6-4-5-11(10-12)13(17)15-8-9-16/h4-6,10,14,16H,7-9H2,1H3,(H,15,17). The fourth-order valence-corrected chi connectivity index (χ4v) is 1.28. The van der Waals surface area contributed by atoms with Gasteiger partial charge < -0.3 is 15.7 Å². The van der Waals surface area contributed by atoms with Gasteiger partial charge in [0.1, 0.15) is 0 Å². The molecule has 3 N–H and O–H groups in total. The second-order valence-corrected chi connectivity index (χ2v) is 3.34. The Morgan fingerprint density at radius 1 is 1.47 bits per heavy atom. The zero-order valence-electron chi connectivity index (χ0n) is 9.79. The number of amides is 1. The van der Waals surface area contributed by atoms with Crippen LogP contribution >= 0.6 is 0 Å². The molecule has 0 radical (unpaired) electrons.